The Balaban J connectivity index is 2.11. The minimum absolute atomic E-state index is 0.131. The molecule has 0 radical (unpaired) electrons. The zero-order valence-corrected chi connectivity index (χ0v) is 14.7. The van der Waals surface area contributed by atoms with E-state index in [0.29, 0.717) is 13.0 Å². The molecule has 0 unspecified atom stereocenters. The SMILES string of the molecule is CN=C(NCCCCCCC(=O)OC)NCc1cccc(Cl)c1. The van der Waals surface area contributed by atoms with Gasteiger partial charge in [0.25, 0.3) is 0 Å². The van der Waals surface area contributed by atoms with Gasteiger partial charge in [0.1, 0.15) is 0 Å². The van der Waals surface area contributed by atoms with Gasteiger partial charge in [-0.15, -0.1) is 0 Å². The van der Waals surface area contributed by atoms with Gasteiger partial charge in [-0.25, -0.2) is 0 Å². The topological polar surface area (TPSA) is 62.7 Å². The number of hydrogen-bond acceptors (Lipinski definition) is 3. The zero-order valence-electron chi connectivity index (χ0n) is 13.9. The quantitative estimate of drug-likeness (QED) is 0.314. The van der Waals surface area contributed by atoms with Crippen molar-refractivity contribution in [1.82, 2.24) is 10.6 Å². The minimum atomic E-state index is -0.131. The first-order valence-corrected chi connectivity index (χ1v) is 8.29. The number of benzene rings is 1. The van der Waals surface area contributed by atoms with Gasteiger partial charge in [-0.2, -0.15) is 0 Å². The molecule has 23 heavy (non-hydrogen) atoms. The summed E-state index contributed by atoms with van der Waals surface area (Å²) in [5.74, 6) is 0.647. The summed E-state index contributed by atoms with van der Waals surface area (Å²) in [4.78, 5) is 15.2. The predicted octanol–water partition coefficient (Wildman–Crippen LogP) is 3.13. The average Bonchev–Trinajstić information content (AvgIpc) is 2.56. The molecule has 128 valence electrons. The molecule has 0 amide bonds. The van der Waals surface area contributed by atoms with Gasteiger partial charge < -0.3 is 15.4 Å². The number of halogens is 1. The molecule has 0 aliphatic carbocycles. The Hall–Kier alpha value is -1.75. The van der Waals surface area contributed by atoms with E-state index in [1.807, 2.05) is 24.3 Å². The van der Waals surface area contributed by atoms with Crippen LogP contribution in [0.3, 0.4) is 0 Å². The van der Waals surface area contributed by atoms with E-state index in [4.69, 9.17) is 11.6 Å². The van der Waals surface area contributed by atoms with E-state index in [1.165, 1.54) is 7.11 Å². The van der Waals surface area contributed by atoms with Crippen LogP contribution in [0.5, 0.6) is 0 Å². The summed E-state index contributed by atoms with van der Waals surface area (Å²) in [6, 6.07) is 7.75. The lowest BCUT2D eigenvalue weighted by Crippen LogP contribution is -2.37. The lowest BCUT2D eigenvalue weighted by Gasteiger charge is -2.12. The zero-order chi connectivity index (χ0) is 16.9. The van der Waals surface area contributed by atoms with Crippen molar-refractivity contribution in [1.29, 1.82) is 0 Å². The van der Waals surface area contributed by atoms with Gasteiger partial charge in [0, 0.05) is 31.6 Å². The van der Waals surface area contributed by atoms with Crippen LogP contribution in [0, 0.1) is 0 Å². The maximum atomic E-state index is 11.0. The number of carbonyl (C=O) groups is 1. The number of methoxy groups -OCH3 is 1. The number of unbranched alkanes of at least 4 members (excludes halogenated alkanes) is 3. The van der Waals surface area contributed by atoms with Crippen molar-refractivity contribution in [2.75, 3.05) is 20.7 Å². The van der Waals surface area contributed by atoms with Crippen molar-refractivity contribution in [2.24, 2.45) is 4.99 Å². The third-order valence-corrected chi connectivity index (χ3v) is 3.64. The molecule has 0 spiro atoms. The summed E-state index contributed by atoms with van der Waals surface area (Å²) < 4.78 is 4.61. The van der Waals surface area contributed by atoms with Crippen LogP contribution in [-0.2, 0) is 16.1 Å². The van der Waals surface area contributed by atoms with Crippen molar-refractivity contribution in [3.8, 4) is 0 Å². The van der Waals surface area contributed by atoms with Crippen molar-refractivity contribution in [2.45, 2.75) is 38.6 Å². The summed E-state index contributed by atoms with van der Waals surface area (Å²) in [5.41, 5.74) is 1.11. The molecular weight excluding hydrogens is 314 g/mol. The van der Waals surface area contributed by atoms with Gasteiger partial charge in [0.15, 0.2) is 5.96 Å². The number of aliphatic imine (C=N–C) groups is 1. The molecule has 0 bridgehead atoms. The van der Waals surface area contributed by atoms with Crippen LogP contribution < -0.4 is 10.6 Å². The second-order valence-electron chi connectivity index (χ2n) is 5.22. The third-order valence-electron chi connectivity index (χ3n) is 3.40. The van der Waals surface area contributed by atoms with Gasteiger partial charge in [-0.05, 0) is 30.5 Å². The minimum Gasteiger partial charge on any atom is -0.469 e. The van der Waals surface area contributed by atoms with Crippen LogP contribution in [0.2, 0.25) is 5.02 Å². The fourth-order valence-electron chi connectivity index (χ4n) is 2.11. The van der Waals surface area contributed by atoms with E-state index in [0.717, 1.165) is 48.8 Å². The van der Waals surface area contributed by atoms with Crippen LogP contribution in [0.4, 0.5) is 0 Å². The Morgan fingerprint density at radius 2 is 2.00 bits per heavy atom. The van der Waals surface area contributed by atoms with Crippen molar-refractivity contribution >= 4 is 23.5 Å². The van der Waals surface area contributed by atoms with E-state index in [-0.39, 0.29) is 5.97 Å². The Kier molecular flexibility index (Phi) is 9.87. The van der Waals surface area contributed by atoms with E-state index in [1.54, 1.807) is 7.05 Å². The van der Waals surface area contributed by atoms with Crippen LogP contribution >= 0.6 is 11.6 Å². The van der Waals surface area contributed by atoms with E-state index in [9.17, 15) is 4.79 Å². The van der Waals surface area contributed by atoms with Gasteiger partial charge in [-0.3, -0.25) is 9.79 Å². The van der Waals surface area contributed by atoms with Crippen molar-refractivity contribution in [3.05, 3.63) is 34.9 Å². The number of ether oxygens (including phenoxy) is 1. The number of nitrogens with zero attached hydrogens (tertiary/aromatic N) is 1. The Labute approximate surface area is 143 Å². The number of esters is 1. The molecule has 0 saturated carbocycles. The summed E-state index contributed by atoms with van der Waals surface area (Å²) in [6.07, 6.45) is 4.54. The largest absolute Gasteiger partial charge is 0.469 e. The molecule has 0 aliphatic rings. The molecule has 0 fully saturated rings. The summed E-state index contributed by atoms with van der Waals surface area (Å²) in [6.45, 7) is 1.53. The molecule has 0 aliphatic heterocycles. The number of nitrogens with one attached hydrogen (secondary N) is 2. The Bertz CT molecular complexity index is 506. The highest BCUT2D eigenvalue weighted by Gasteiger charge is 2.00. The molecule has 0 aromatic heterocycles. The smallest absolute Gasteiger partial charge is 0.305 e. The standard InChI is InChI=1S/C17H26ClN3O2/c1-19-17(21-13-14-8-7-9-15(18)12-14)20-11-6-4-3-5-10-16(22)23-2/h7-9,12H,3-6,10-11,13H2,1-2H3,(H2,19,20,21). The van der Waals surface area contributed by atoms with Crippen LogP contribution in [0.15, 0.2) is 29.3 Å². The molecule has 0 heterocycles. The molecular formula is C17H26ClN3O2. The maximum absolute atomic E-state index is 11.0. The van der Waals surface area contributed by atoms with Gasteiger partial charge in [0.05, 0.1) is 7.11 Å². The van der Waals surface area contributed by atoms with Gasteiger partial charge in [0.2, 0.25) is 0 Å². The van der Waals surface area contributed by atoms with E-state index >= 15 is 0 Å². The van der Waals surface area contributed by atoms with Crippen LogP contribution in [-0.4, -0.2) is 32.6 Å². The molecule has 6 heteroatoms. The van der Waals surface area contributed by atoms with Gasteiger partial charge >= 0.3 is 5.97 Å². The number of rotatable bonds is 9. The molecule has 2 N–H and O–H groups in total. The molecule has 0 saturated heterocycles. The van der Waals surface area contributed by atoms with Crippen LogP contribution in [0.1, 0.15) is 37.7 Å². The first kappa shape index (κ1) is 19.3. The maximum Gasteiger partial charge on any atom is 0.305 e. The molecule has 1 aromatic carbocycles. The van der Waals surface area contributed by atoms with Crippen molar-refractivity contribution in [3.63, 3.8) is 0 Å². The fraction of sp³-hybridized carbons (Fsp3) is 0.529. The highest BCUT2D eigenvalue weighted by molar-refractivity contribution is 6.30. The normalized spacial score (nSPS) is 11.2. The Morgan fingerprint density at radius 1 is 1.22 bits per heavy atom. The molecule has 1 rings (SSSR count). The molecule has 1 aromatic rings. The second-order valence-corrected chi connectivity index (χ2v) is 5.66. The predicted molar refractivity (Wildman–Crippen MR) is 94.8 cm³/mol. The Morgan fingerprint density at radius 3 is 2.70 bits per heavy atom. The fourth-order valence-corrected chi connectivity index (χ4v) is 2.32. The average molecular weight is 340 g/mol. The lowest BCUT2D eigenvalue weighted by atomic mass is 10.1. The first-order valence-electron chi connectivity index (χ1n) is 7.91. The first-order chi connectivity index (χ1) is 11.2. The summed E-state index contributed by atoms with van der Waals surface area (Å²) in [7, 11) is 3.18. The highest BCUT2D eigenvalue weighted by atomic mass is 35.5. The third kappa shape index (κ3) is 9.08. The second kappa shape index (κ2) is 11.8. The van der Waals surface area contributed by atoms with Gasteiger partial charge in [-0.1, -0.05) is 36.6 Å². The lowest BCUT2D eigenvalue weighted by molar-refractivity contribution is -0.140. The molecule has 5 nitrogen and oxygen atoms in total. The van der Waals surface area contributed by atoms with Crippen LogP contribution in [0.25, 0.3) is 0 Å². The number of hydrogen-bond donors (Lipinski definition) is 2. The van der Waals surface area contributed by atoms with E-state index < -0.39 is 0 Å². The summed E-state index contributed by atoms with van der Waals surface area (Å²) >= 11 is 5.96. The monoisotopic (exact) mass is 339 g/mol. The van der Waals surface area contributed by atoms with E-state index in [2.05, 4.69) is 20.4 Å². The highest BCUT2D eigenvalue weighted by Crippen LogP contribution is 2.10. The van der Waals surface area contributed by atoms with Crippen molar-refractivity contribution < 1.29 is 9.53 Å². The summed E-state index contributed by atoms with van der Waals surface area (Å²) in [5, 5.41) is 7.27. The number of guanidine groups is 1. The number of carbonyl (C=O) groups excluding carboxylic acids is 1. The molecule has 0 atom stereocenters.